The van der Waals surface area contributed by atoms with Crippen molar-refractivity contribution in [2.75, 3.05) is 0 Å². The highest BCUT2D eigenvalue weighted by atomic mass is 79.9. The number of carbonyl (C=O) groups excluding carboxylic acids is 1. The zero-order chi connectivity index (χ0) is 15.4. The smallest absolute Gasteiger partial charge is 0.330 e. The lowest BCUT2D eigenvalue weighted by Crippen LogP contribution is -2.33. The van der Waals surface area contributed by atoms with Crippen LogP contribution in [0.5, 0.6) is 5.75 Å². The van der Waals surface area contributed by atoms with Crippen molar-refractivity contribution in [2.45, 2.75) is 6.04 Å². The third-order valence-corrected chi connectivity index (χ3v) is 3.53. The molecule has 2 aromatic rings. The van der Waals surface area contributed by atoms with Gasteiger partial charge in [0, 0.05) is 5.56 Å². The van der Waals surface area contributed by atoms with Crippen LogP contribution in [0.3, 0.4) is 0 Å². The minimum absolute atomic E-state index is 0.0887. The summed E-state index contributed by atoms with van der Waals surface area (Å²) in [5, 5.41) is 21.2. The average molecular weight is 350 g/mol. The lowest BCUT2D eigenvalue weighted by molar-refractivity contribution is -0.139. The number of amides is 1. The Morgan fingerprint density at radius 1 is 1.10 bits per heavy atom. The summed E-state index contributed by atoms with van der Waals surface area (Å²) < 4.78 is 0.455. The Bertz CT molecular complexity index is 673. The fourth-order valence-corrected chi connectivity index (χ4v) is 2.05. The number of aromatic hydroxyl groups is 1. The Hall–Kier alpha value is -2.34. The molecule has 0 fully saturated rings. The number of aliphatic carboxylic acids is 1. The first-order valence-electron chi connectivity index (χ1n) is 6.06. The van der Waals surface area contributed by atoms with Gasteiger partial charge >= 0.3 is 5.97 Å². The molecule has 0 heterocycles. The molecule has 21 heavy (non-hydrogen) atoms. The van der Waals surface area contributed by atoms with Crippen LogP contribution in [-0.2, 0) is 4.79 Å². The van der Waals surface area contributed by atoms with Gasteiger partial charge in [-0.15, -0.1) is 0 Å². The number of benzene rings is 2. The Morgan fingerprint density at radius 2 is 1.76 bits per heavy atom. The number of carbonyl (C=O) groups is 2. The molecule has 6 heteroatoms. The van der Waals surface area contributed by atoms with Gasteiger partial charge in [-0.05, 0) is 39.7 Å². The van der Waals surface area contributed by atoms with E-state index in [0.29, 0.717) is 10.0 Å². The highest BCUT2D eigenvalue weighted by Crippen LogP contribution is 2.24. The summed E-state index contributed by atoms with van der Waals surface area (Å²) in [4.78, 5) is 23.4. The normalized spacial score (nSPS) is 11.7. The lowest BCUT2D eigenvalue weighted by atomic mass is 10.1. The molecule has 3 N–H and O–H groups in total. The SMILES string of the molecule is O=C(N[C@H](C(=O)O)c1ccccc1)c1ccc(Br)c(O)c1. The molecular formula is C15H12BrNO4. The van der Waals surface area contributed by atoms with Gasteiger partial charge in [-0.25, -0.2) is 4.79 Å². The van der Waals surface area contributed by atoms with E-state index < -0.39 is 17.9 Å². The molecule has 2 rings (SSSR count). The van der Waals surface area contributed by atoms with Crippen molar-refractivity contribution < 1.29 is 19.8 Å². The van der Waals surface area contributed by atoms with Crippen LogP contribution in [0.2, 0.25) is 0 Å². The number of phenolic OH excluding ortho intramolecular Hbond substituents is 1. The number of halogens is 1. The van der Waals surface area contributed by atoms with Crippen molar-refractivity contribution in [1.29, 1.82) is 0 Å². The second-order valence-electron chi connectivity index (χ2n) is 4.32. The van der Waals surface area contributed by atoms with E-state index in [-0.39, 0.29) is 11.3 Å². The molecule has 0 radical (unpaired) electrons. The van der Waals surface area contributed by atoms with Crippen molar-refractivity contribution >= 4 is 27.8 Å². The average Bonchev–Trinajstić information content (AvgIpc) is 2.48. The Labute approximate surface area is 129 Å². The number of nitrogens with one attached hydrogen (secondary N) is 1. The molecule has 1 amide bonds. The molecule has 5 nitrogen and oxygen atoms in total. The highest BCUT2D eigenvalue weighted by Gasteiger charge is 2.22. The van der Waals surface area contributed by atoms with Gasteiger partial charge < -0.3 is 15.5 Å². The fourth-order valence-electron chi connectivity index (χ4n) is 1.80. The van der Waals surface area contributed by atoms with Crippen molar-refractivity contribution in [3.05, 3.63) is 64.1 Å². The van der Waals surface area contributed by atoms with Crippen LogP contribution in [0, 0.1) is 0 Å². The summed E-state index contributed by atoms with van der Waals surface area (Å²) in [6.07, 6.45) is 0. The first-order chi connectivity index (χ1) is 9.99. The third-order valence-electron chi connectivity index (χ3n) is 2.86. The Balaban J connectivity index is 2.23. The number of rotatable bonds is 4. The van der Waals surface area contributed by atoms with Crippen LogP contribution < -0.4 is 5.32 Å². The van der Waals surface area contributed by atoms with Crippen LogP contribution >= 0.6 is 15.9 Å². The third kappa shape index (κ3) is 3.61. The van der Waals surface area contributed by atoms with Crippen molar-refractivity contribution in [1.82, 2.24) is 5.32 Å². The highest BCUT2D eigenvalue weighted by molar-refractivity contribution is 9.10. The van der Waals surface area contributed by atoms with E-state index in [2.05, 4.69) is 21.2 Å². The minimum Gasteiger partial charge on any atom is -0.507 e. The van der Waals surface area contributed by atoms with Gasteiger partial charge in [0.05, 0.1) is 4.47 Å². The van der Waals surface area contributed by atoms with Crippen LogP contribution in [-0.4, -0.2) is 22.1 Å². The van der Waals surface area contributed by atoms with Gasteiger partial charge in [0.1, 0.15) is 5.75 Å². The number of hydrogen-bond donors (Lipinski definition) is 3. The molecule has 0 aliphatic heterocycles. The second-order valence-corrected chi connectivity index (χ2v) is 5.18. The standard InChI is InChI=1S/C15H12BrNO4/c16-11-7-6-10(8-12(11)18)14(19)17-13(15(20)21)9-4-2-1-3-5-9/h1-8,13,18H,(H,17,19)(H,20,21)/t13-/m0/s1. The maximum atomic E-state index is 12.1. The monoisotopic (exact) mass is 349 g/mol. The van der Waals surface area contributed by atoms with E-state index in [1.165, 1.54) is 18.2 Å². The molecule has 0 aliphatic rings. The Kier molecular flexibility index (Phi) is 4.59. The van der Waals surface area contributed by atoms with E-state index in [4.69, 9.17) is 0 Å². The Morgan fingerprint density at radius 3 is 2.33 bits per heavy atom. The number of carboxylic acids is 1. The summed E-state index contributed by atoms with van der Waals surface area (Å²) in [7, 11) is 0. The van der Waals surface area contributed by atoms with Crippen LogP contribution in [0.4, 0.5) is 0 Å². The van der Waals surface area contributed by atoms with Gasteiger partial charge in [0.25, 0.3) is 5.91 Å². The van der Waals surface area contributed by atoms with Crippen molar-refractivity contribution in [2.24, 2.45) is 0 Å². The zero-order valence-electron chi connectivity index (χ0n) is 10.8. The van der Waals surface area contributed by atoms with Crippen molar-refractivity contribution in [3.63, 3.8) is 0 Å². The molecule has 2 aromatic carbocycles. The van der Waals surface area contributed by atoms with E-state index in [0.717, 1.165) is 0 Å². The first kappa shape index (κ1) is 15.1. The van der Waals surface area contributed by atoms with Crippen LogP contribution in [0.1, 0.15) is 22.0 Å². The predicted molar refractivity (Wildman–Crippen MR) is 80.1 cm³/mol. The molecule has 108 valence electrons. The van der Waals surface area contributed by atoms with Crippen molar-refractivity contribution in [3.8, 4) is 5.75 Å². The maximum Gasteiger partial charge on any atom is 0.330 e. The fraction of sp³-hybridized carbons (Fsp3) is 0.0667. The molecule has 0 saturated heterocycles. The van der Waals surface area contributed by atoms with Crippen LogP contribution in [0.15, 0.2) is 53.0 Å². The van der Waals surface area contributed by atoms with E-state index in [9.17, 15) is 19.8 Å². The van der Waals surface area contributed by atoms with Gasteiger partial charge in [0.2, 0.25) is 0 Å². The number of hydrogen-bond acceptors (Lipinski definition) is 3. The summed E-state index contributed by atoms with van der Waals surface area (Å²) in [5.74, 6) is -1.82. The first-order valence-corrected chi connectivity index (χ1v) is 6.85. The van der Waals surface area contributed by atoms with Gasteiger partial charge in [-0.1, -0.05) is 30.3 Å². The molecule has 0 aromatic heterocycles. The molecular weight excluding hydrogens is 338 g/mol. The van der Waals surface area contributed by atoms with Gasteiger partial charge in [-0.3, -0.25) is 4.79 Å². The summed E-state index contributed by atoms with van der Waals surface area (Å²) in [5.41, 5.74) is 0.651. The largest absolute Gasteiger partial charge is 0.507 e. The van der Waals surface area contributed by atoms with Gasteiger partial charge in [0.15, 0.2) is 6.04 Å². The van der Waals surface area contributed by atoms with Crippen LogP contribution in [0.25, 0.3) is 0 Å². The zero-order valence-corrected chi connectivity index (χ0v) is 12.4. The maximum absolute atomic E-state index is 12.1. The molecule has 0 saturated carbocycles. The van der Waals surface area contributed by atoms with E-state index in [1.54, 1.807) is 30.3 Å². The predicted octanol–water partition coefficient (Wildman–Crippen LogP) is 2.71. The second kappa shape index (κ2) is 6.41. The van der Waals surface area contributed by atoms with E-state index >= 15 is 0 Å². The quantitative estimate of drug-likeness (QED) is 0.791. The van der Waals surface area contributed by atoms with Gasteiger partial charge in [-0.2, -0.15) is 0 Å². The molecule has 0 bridgehead atoms. The molecule has 0 spiro atoms. The molecule has 1 atom stereocenters. The molecule has 0 aliphatic carbocycles. The lowest BCUT2D eigenvalue weighted by Gasteiger charge is -2.15. The summed E-state index contributed by atoms with van der Waals surface area (Å²) in [6, 6.07) is 11.5. The summed E-state index contributed by atoms with van der Waals surface area (Å²) in [6.45, 7) is 0. The molecule has 0 unspecified atom stereocenters. The summed E-state index contributed by atoms with van der Waals surface area (Å²) >= 11 is 3.11. The van der Waals surface area contributed by atoms with E-state index in [1.807, 2.05) is 0 Å². The number of carboxylic acid groups (broad SMARTS) is 1. The topological polar surface area (TPSA) is 86.6 Å². The number of phenols is 1. The minimum atomic E-state index is -1.16.